The van der Waals surface area contributed by atoms with Crippen LogP contribution in [0.15, 0.2) is 134 Å². The molecule has 0 bridgehead atoms. The molecule has 0 rings (SSSR count). The molecule has 0 N–H and O–H groups in total. The topological polar surface area (TPSA) is 78.9 Å². The minimum absolute atomic E-state index is 0.122. The first-order valence-electron chi connectivity index (χ1n) is 26.3. The van der Waals surface area contributed by atoms with Crippen molar-refractivity contribution in [2.75, 3.05) is 13.2 Å². The van der Waals surface area contributed by atoms with Crippen LogP contribution >= 0.6 is 0 Å². The van der Waals surface area contributed by atoms with Crippen molar-refractivity contribution >= 4 is 17.9 Å². The molecule has 6 heteroatoms. The number of esters is 3. The van der Waals surface area contributed by atoms with Crippen molar-refractivity contribution in [1.29, 1.82) is 0 Å². The van der Waals surface area contributed by atoms with E-state index in [1.165, 1.54) is 70.6 Å². The Balaban J connectivity index is 4.60. The molecule has 0 aromatic heterocycles. The zero-order chi connectivity index (χ0) is 47.9. The Morgan fingerprint density at radius 1 is 0.333 bits per heavy atom. The molecular weight excluding hydrogens is 817 g/mol. The summed E-state index contributed by atoms with van der Waals surface area (Å²) >= 11 is 0. The fourth-order valence-corrected chi connectivity index (χ4v) is 6.64. The highest BCUT2D eigenvalue weighted by atomic mass is 16.6. The van der Waals surface area contributed by atoms with Gasteiger partial charge in [-0.1, -0.05) is 225 Å². The molecule has 370 valence electrons. The first-order chi connectivity index (χ1) is 32.5. The average molecular weight is 911 g/mol. The molecule has 0 heterocycles. The van der Waals surface area contributed by atoms with E-state index in [1.807, 2.05) is 60.8 Å². The molecule has 66 heavy (non-hydrogen) atoms. The van der Waals surface area contributed by atoms with Crippen LogP contribution in [-0.2, 0) is 28.6 Å². The fourth-order valence-electron chi connectivity index (χ4n) is 6.64. The first kappa shape index (κ1) is 61.5. The lowest BCUT2D eigenvalue weighted by Crippen LogP contribution is -2.30. The van der Waals surface area contributed by atoms with E-state index in [0.717, 1.165) is 83.5 Å². The van der Waals surface area contributed by atoms with E-state index >= 15 is 0 Å². The SMILES string of the molecule is CC\C=C/C=C\C=C/C=C\C=C\C=C/CCCCCC(=O)OCC(COC(=O)CCCCCCCCC/C=C\C/C=C\CC)OC(=O)CCC/C=C\C/C=C\C/C=C\CCCCCCCC. The van der Waals surface area contributed by atoms with Gasteiger partial charge >= 0.3 is 17.9 Å². The Kier molecular flexibility index (Phi) is 49.6. The number of unbranched alkanes of at least 4 members (excludes halogenated alkanes) is 17. The number of ether oxygens (including phenoxy) is 3. The molecule has 0 aromatic carbocycles. The Hall–Kier alpha value is -4.45. The van der Waals surface area contributed by atoms with E-state index in [4.69, 9.17) is 14.2 Å². The van der Waals surface area contributed by atoms with Crippen LogP contribution in [0.5, 0.6) is 0 Å². The number of hydrogen-bond donors (Lipinski definition) is 0. The summed E-state index contributed by atoms with van der Waals surface area (Å²) in [6.45, 7) is 6.27. The lowest BCUT2D eigenvalue weighted by Gasteiger charge is -2.18. The molecular formula is C60H94O6. The molecule has 1 atom stereocenters. The second-order valence-electron chi connectivity index (χ2n) is 16.8. The number of carbonyl (C=O) groups is 3. The van der Waals surface area contributed by atoms with E-state index in [2.05, 4.69) is 93.7 Å². The molecule has 6 nitrogen and oxygen atoms in total. The highest BCUT2D eigenvalue weighted by molar-refractivity contribution is 5.71. The standard InChI is InChI=1S/C60H94O6/c1-4-7-10-13-16-19-22-25-28-30-32-35-38-41-44-47-50-53-59(62)65-56-57(55-64-58(61)52-49-46-43-40-37-34-27-24-21-18-15-12-9-6-3)66-60(63)54-51-48-45-42-39-36-33-31-29-26-23-20-17-14-11-8-5-2/h7,9-10,12-13,16,18-19,21-22,25-26,28-30,32-33,35-36,38,42,45,57H,4-6,8,11,14-15,17,20,23-24,27,31,34,37,39-41,43-44,46-56H2,1-3H3/b10-7-,12-9-,16-13-,21-18-,22-19-,28-25-,29-26-,32-30+,36-33-,38-35-,45-42-. The maximum absolute atomic E-state index is 12.8. The zero-order valence-corrected chi connectivity index (χ0v) is 42.1. The minimum atomic E-state index is -0.831. The summed E-state index contributed by atoms with van der Waals surface area (Å²) in [6.07, 6.45) is 74.4. The molecule has 0 saturated heterocycles. The van der Waals surface area contributed by atoms with Crippen LogP contribution < -0.4 is 0 Å². The van der Waals surface area contributed by atoms with Gasteiger partial charge in [-0.05, 0) is 96.3 Å². The Morgan fingerprint density at radius 3 is 1.17 bits per heavy atom. The van der Waals surface area contributed by atoms with Gasteiger partial charge in [0.1, 0.15) is 13.2 Å². The number of carbonyl (C=O) groups excluding carboxylic acids is 3. The van der Waals surface area contributed by atoms with Crippen molar-refractivity contribution in [2.24, 2.45) is 0 Å². The molecule has 0 spiro atoms. The Morgan fingerprint density at radius 2 is 0.682 bits per heavy atom. The van der Waals surface area contributed by atoms with Crippen LogP contribution in [-0.4, -0.2) is 37.2 Å². The summed E-state index contributed by atoms with van der Waals surface area (Å²) in [5.74, 6) is -1.04. The van der Waals surface area contributed by atoms with Gasteiger partial charge < -0.3 is 14.2 Å². The molecule has 0 aliphatic carbocycles. The monoisotopic (exact) mass is 911 g/mol. The van der Waals surface area contributed by atoms with Crippen molar-refractivity contribution < 1.29 is 28.6 Å². The maximum atomic E-state index is 12.8. The summed E-state index contributed by atoms with van der Waals surface area (Å²) in [6, 6.07) is 0. The smallest absolute Gasteiger partial charge is 0.306 e. The predicted molar refractivity (Wildman–Crippen MR) is 283 cm³/mol. The van der Waals surface area contributed by atoms with Crippen molar-refractivity contribution in [3.8, 4) is 0 Å². The third-order valence-corrected chi connectivity index (χ3v) is 10.5. The van der Waals surface area contributed by atoms with Crippen LogP contribution in [0.25, 0.3) is 0 Å². The zero-order valence-electron chi connectivity index (χ0n) is 42.1. The van der Waals surface area contributed by atoms with E-state index in [1.54, 1.807) is 0 Å². The molecule has 0 amide bonds. The van der Waals surface area contributed by atoms with Crippen LogP contribution in [0.1, 0.15) is 207 Å². The van der Waals surface area contributed by atoms with Crippen LogP contribution in [0.4, 0.5) is 0 Å². The third kappa shape index (κ3) is 50.5. The normalized spacial score (nSPS) is 13.2. The minimum Gasteiger partial charge on any atom is -0.462 e. The van der Waals surface area contributed by atoms with Gasteiger partial charge in [0.05, 0.1) is 0 Å². The maximum Gasteiger partial charge on any atom is 0.306 e. The van der Waals surface area contributed by atoms with Gasteiger partial charge in [-0.25, -0.2) is 0 Å². The van der Waals surface area contributed by atoms with Crippen molar-refractivity contribution in [3.05, 3.63) is 134 Å². The lowest BCUT2D eigenvalue weighted by molar-refractivity contribution is -0.167. The van der Waals surface area contributed by atoms with Gasteiger partial charge in [0.2, 0.25) is 0 Å². The van der Waals surface area contributed by atoms with Crippen LogP contribution in [0.3, 0.4) is 0 Å². The second kappa shape index (κ2) is 53.2. The average Bonchev–Trinajstić information content (AvgIpc) is 3.31. The Bertz CT molecular complexity index is 1460. The molecule has 0 aliphatic rings. The molecule has 0 saturated carbocycles. The van der Waals surface area contributed by atoms with Crippen molar-refractivity contribution in [2.45, 2.75) is 213 Å². The molecule has 0 aromatic rings. The number of rotatable bonds is 45. The summed E-state index contributed by atoms with van der Waals surface area (Å²) in [7, 11) is 0. The summed E-state index contributed by atoms with van der Waals surface area (Å²) in [5, 5.41) is 0. The van der Waals surface area contributed by atoms with Gasteiger partial charge in [0, 0.05) is 19.3 Å². The van der Waals surface area contributed by atoms with Crippen LogP contribution in [0.2, 0.25) is 0 Å². The molecule has 0 radical (unpaired) electrons. The summed E-state index contributed by atoms with van der Waals surface area (Å²) in [4.78, 5) is 38.0. The Labute approximate surface area is 405 Å². The summed E-state index contributed by atoms with van der Waals surface area (Å²) in [5.41, 5.74) is 0. The highest BCUT2D eigenvalue weighted by Gasteiger charge is 2.19. The largest absolute Gasteiger partial charge is 0.462 e. The van der Waals surface area contributed by atoms with E-state index < -0.39 is 6.10 Å². The molecule has 0 aliphatic heterocycles. The fraction of sp³-hybridized carbons (Fsp3) is 0.583. The molecule has 1 unspecified atom stereocenters. The van der Waals surface area contributed by atoms with Gasteiger partial charge in [0.15, 0.2) is 6.10 Å². The van der Waals surface area contributed by atoms with Gasteiger partial charge in [0.25, 0.3) is 0 Å². The third-order valence-electron chi connectivity index (χ3n) is 10.5. The van der Waals surface area contributed by atoms with Gasteiger partial charge in [-0.2, -0.15) is 0 Å². The number of hydrogen-bond acceptors (Lipinski definition) is 6. The molecule has 0 fully saturated rings. The van der Waals surface area contributed by atoms with E-state index in [0.29, 0.717) is 19.3 Å². The van der Waals surface area contributed by atoms with Gasteiger partial charge in [-0.15, -0.1) is 0 Å². The van der Waals surface area contributed by atoms with Crippen molar-refractivity contribution in [1.82, 2.24) is 0 Å². The summed E-state index contributed by atoms with van der Waals surface area (Å²) < 4.78 is 16.7. The van der Waals surface area contributed by atoms with E-state index in [-0.39, 0.29) is 44.0 Å². The van der Waals surface area contributed by atoms with Crippen molar-refractivity contribution in [3.63, 3.8) is 0 Å². The van der Waals surface area contributed by atoms with E-state index in [9.17, 15) is 14.4 Å². The van der Waals surface area contributed by atoms with Crippen LogP contribution in [0, 0.1) is 0 Å². The second-order valence-corrected chi connectivity index (χ2v) is 16.8. The quantitative estimate of drug-likeness (QED) is 0.0199. The first-order valence-corrected chi connectivity index (χ1v) is 26.3. The predicted octanol–water partition coefficient (Wildman–Crippen LogP) is 17.5. The highest BCUT2D eigenvalue weighted by Crippen LogP contribution is 2.13. The lowest BCUT2D eigenvalue weighted by atomic mass is 10.1. The number of allylic oxidation sites excluding steroid dienone is 22. The van der Waals surface area contributed by atoms with Gasteiger partial charge in [-0.3, -0.25) is 14.4 Å².